The van der Waals surface area contributed by atoms with Crippen molar-refractivity contribution in [3.8, 4) is 0 Å². The van der Waals surface area contributed by atoms with E-state index in [2.05, 4.69) is 0 Å². The summed E-state index contributed by atoms with van der Waals surface area (Å²) in [6.45, 7) is 4.56. The molecular weight excluding hydrogens is 200 g/mol. The highest BCUT2D eigenvalue weighted by Gasteiger charge is 2.43. The minimum atomic E-state index is -3.39. The molecular formula is C7H15ClO3S. The molecule has 0 unspecified atom stereocenters. The SMILES string of the molecule is CC[C@@](Cl)([C@H](C)O)S(=O)(=O)CC. The Morgan fingerprint density at radius 1 is 1.50 bits per heavy atom. The number of halogens is 1. The molecule has 0 heterocycles. The monoisotopic (exact) mass is 214 g/mol. The molecule has 0 aromatic heterocycles. The summed E-state index contributed by atoms with van der Waals surface area (Å²) in [6, 6.07) is 0. The quantitative estimate of drug-likeness (QED) is 0.715. The minimum Gasteiger partial charge on any atom is -0.390 e. The van der Waals surface area contributed by atoms with E-state index in [4.69, 9.17) is 11.6 Å². The second-order valence-electron chi connectivity index (χ2n) is 2.72. The summed E-state index contributed by atoms with van der Waals surface area (Å²) >= 11 is 5.81. The molecule has 0 aliphatic heterocycles. The summed E-state index contributed by atoms with van der Waals surface area (Å²) in [7, 11) is -3.39. The molecule has 1 N–H and O–H groups in total. The minimum absolute atomic E-state index is 0.0464. The Kier molecular flexibility index (Phi) is 4.00. The second kappa shape index (κ2) is 3.94. The van der Waals surface area contributed by atoms with Crippen LogP contribution in [0.15, 0.2) is 0 Å². The fourth-order valence-electron chi connectivity index (χ4n) is 1.02. The third-order valence-corrected chi connectivity index (χ3v) is 5.72. The lowest BCUT2D eigenvalue weighted by Gasteiger charge is -2.27. The Bertz CT molecular complexity index is 235. The first-order chi connectivity index (χ1) is 5.31. The van der Waals surface area contributed by atoms with Crippen LogP contribution in [0, 0.1) is 0 Å². The van der Waals surface area contributed by atoms with Gasteiger partial charge in [-0.15, -0.1) is 0 Å². The molecule has 0 aliphatic carbocycles. The predicted molar refractivity (Wildman–Crippen MR) is 50.0 cm³/mol. The lowest BCUT2D eigenvalue weighted by molar-refractivity contribution is 0.171. The molecule has 0 amide bonds. The van der Waals surface area contributed by atoms with Crippen LogP contribution >= 0.6 is 11.6 Å². The Morgan fingerprint density at radius 2 is 1.92 bits per heavy atom. The van der Waals surface area contributed by atoms with Gasteiger partial charge in [-0.25, -0.2) is 8.42 Å². The van der Waals surface area contributed by atoms with E-state index in [1.54, 1.807) is 6.92 Å². The van der Waals surface area contributed by atoms with Gasteiger partial charge in [0, 0.05) is 5.75 Å². The van der Waals surface area contributed by atoms with E-state index < -0.39 is 20.1 Å². The van der Waals surface area contributed by atoms with Crippen molar-refractivity contribution < 1.29 is 13.5 Å². The van der Waals surface area contributed by atoms with Crippen molar-refractivity contribution in [1.82, 2.24) is 0 Å². The average Bonchev–Trinajstić information content (AvgIpc) is 2.02. The summed E-state index contributed by atoms with van der Waals surface area (Å²) in [5, 5.41) is 9.23. The summed E-state index contributed by atoms with van der Waals surface area (Å²) in [4.78, 5) is 0. The van der Waals surface area contributed by atoms with Crippen LogP contribution in [0.4, 0.5) is 0 Å². The first-order valence-electron chi connectivity index (χ1n) is 3.91. The van der Waals surface area contributed by atoms with Crippen molar-refractivity contribution >= 4 is 21.4 Å². The van der Waals surface area contributed by atoms with Gasteiger partial charge in [-0.3, -0.25) is 0 Å². The molecule has 0 saturated carbocycles. The summed E-state index contributed by atoms with van der Waals surface area (Å²) < 4.78 is 21.3. The number of hydrogen-bond acceptors (Lipinski definition) is 3. The second-order valence-corrected chi connectivity index (χ2v) is 6.15. The van der Waals surface area contributed by atoms with Gasteiger partial charge in [0.15, 0.2) is 14.0 Å². The van der Waals surface area contributed by atoms with Gasteiger partial charge in [0.25, 0.3) is 0 Å². The molecule has 0 radical (unpaired) electrons. The maximum atomic E-state index is 11.4. The molecule has 0 aromatic carbocycles. The van der Waals surface area contributed by atoms with Crippen LogP contribution in [-0.2, 0) is 9.84 Å². The number of sulfone groups is 1. The van der Waals surface area contributed by atoms with Crippen molar-refractivity contribution in [3.63, 3.8) is 0 Å². The van der Waals surface area contributed by atoms with Crippen molar-refractivity contribution in [2.75, 3.05) is 5.75 Å². The van der Waals surface area contributed by atoms with Crippen LogP contribution in [0.2, 0.25) is 0 Å². The summed E-state index contributed by atoms with van der Waals surface area (Å²) in [6.07, 6.45) is -0.836. The van der Waals surface area contributed by atoms with E-state index in [0.29, 0.717) is 0 Å². The van der Waals surface area contributed by atoms with E-state index in [1.807, 2.05) is 0 Å². The number of aliphatic hydroxyl groups is 1. The van der Waals surface area contributed by atoms with Crippen LogP contribution in [-0.4, -0.2) is 29.6 Å². The van der Waals surface area contributed by atoms with E-state index in [1.165, 1.54) is 13.8 Å². The number of alkyl halides is 1. The lowest BCUT2D eigenvalue weighted by atomic mass is 10.2. The Morgan fingerprint density at radius 3 is 2.00 bits per heavy atom. The standard InChI is InChI=1S/C7H15ClO3S/c1-4-7(8,6(3)9)12(10,11)5-2/h6,9H,4-5H2,1-3H3/t6-,7-/m0/s1. The third-order valence-electron chi connectivity index (χ3n) is 2.00. The largest absolute Gasteiger partial charge is 0.390 e. The molecule has 0 aromatic rings. The van der Waals surface area contributed by atoms with Crippen LogP contribution in [0.3, 0.4) is 0 Å². The van der Waals surface area contributed by atoms with Gasteiger partial charge in [-0.1, -0.05) is 25.4 Å². The maximum Gasteiger partial charge on any atom is 0.172 e. The van der Waals surface area contributed by atoms with Gasteiger partial charge in [-0.05, 0) is 13.3 Å². The van der Waals surface area contributed by atoms with E-state index >= 15 is 0 Å². The average molecular weight is 215 g/mol. The predicted octanol–water partition coefficient (Wildman–Crippen LogP) is 1.15. The first-order valence-corrected chi connectivity index (χ1v) is 5.94. The molecule has 0 saturated heterocycles. The van der Waals surface area contributed by atoms with Crippen LogP contribution in [0.1, 0.15) is 27.2 Å². The first kappa shape index (κ1) is 12.2. The van der Waals surface area contributed by atoms with Gasteiger partial charge in [0.2, 0.25) is 0 Å². The zero-order valence-electron chi connectivity index (χ0n) is 7.54. The molecule has 2 atom stereocenters. The maximum absolute atomic E-state index is 11.4. The topological polar surface area (TPSA) is 54.4 Å². The zero-order valence-corrected chi connectivity index (χ0v) is 9.11. The van der Waals surface area contributed by atoms with Crippen LogP contribution in [0.5, 0.6) is 0 Å². The van der Waals surface area contributed by atoms with Crippen LogP contribution < -0.4 is 0 Å². The number of hydrogen-bond donors (Lipinski definition) is 1. The van der Waals surface area contributed by atoms with Crippen molar-refractivity contribution in [3.05, 3.63) is 0 Å². The zero-order chi connectivity index (χ0) is 9.99. The number of aliphatic hydroxyl groups excluding tert-OH is 1. The van der Waals surface area contributed by atoms with Gasteiger partial charge in [0.1, 0.15) is 0 Å². The molecule has 0 aliphatic rings. The third kappa shape index (κ3) is 1.92. The summed E-state index contributed by atoms with van der Waals surface area (Å²) in [5.74, 6) is -0.0464. The van der Waals surface area contributed by atoms with Crippen LogP contribution in [0.25, 0.3) is 0 Å². The fourth-order valence-corrected chi connectivity index (χ4v) is 2.78. The molecule has 0 spiro atoms. The molecule has 74 valence electrons. The van der Waals surface area contributed by atoms with E-state index in [9.17, 15) is 13.5 Å². The van der Waals surface area contributed by atoms with Gasteiger partial charge < -0.3 is 5.11 Å². The normalized spacial score (nSPS) is 20.1. The van der Waals surface area contributed by atoms with Crippen molar-refractivity contribution in [1.29, 1.82) is 0 Å². The fraction of sp³-hybridized carbons (Fsp3) is 1.00. The highest BCUT2D eigenvalue weighted by Crippen LogP contribution is 2.31. The number of rotatable bonds is 4. The molecule has 5 heteroatoms. The molecule has 0 fully saturated rings. The highest BCUT2D eigenvalue weighted by atomic mass is 35.5. The molecule has 0 rings (SSSR count). The highest BCUT2D eigenvalue weighted by molar-refractivity contribution is 7.94. The van der Waals surface area contributed by atoms with Gasteiger partial charge in [0.05, 0.1) is 6.10 Å². The van der Waals surface area contributed by atoms with Gasteiger partial charge in [-0.2, -0.15) is 0 Å². The van der Waals surface area contributed by atoms with Crippen molar-refractivity contribution in [2.45, 2.75) is 37.5 Å². The smallest absolute Gasteiger partial charge is 0.172 e. The Hall–Kier alpha value is 0.200. The molecule has 0 bridgehead atoms. The lowest BCUT2D eigenvalue weighted by Crippen LogP contribution is -2.43. The Balaban J connectivity index is 5.02. The van der Waals surface area contributed by atoms with Gasteiger partial charge >= 0.3 is 0 Å². The Labute approximate surface area is 78.7 Å². The summed E-state index contributed by atoms with van der Waals surface area (Å²) in [5.41, 5.74) is 0. The van der Waals surface area contributed by atoms with Crippen molar-refractivity contribution in [2.24, 2.45) is 0 Å². The van der Waals surface area contributed by atoms with E-state index in [-0.39, 0.29) is 12.2 Å². The molecule has 3 nitrogen and oxygen atoms in total. The van der Waals surface area contributed by atoms with E-state index in [0.717, 1.165) is 0 Å². The molecule has 12 heavy (non-hydrogen) atoms.